The number of carbonyl (C=O) groups is 2. The summed E-state index contributed by atoms with van der Waals surface area (Å²) >= 11 is 12.6. The molecule has 0 saturated carbocycles. The van der Waals surface area contributed by atoms with Gasteiger partial charge in [-0.3, -0.25) is 20.4 Å². The van der Waals surface area contributed by atoms with Gasteiger partial charge < -0.3 is 9.47 Å². The van der Waals surface area contributed by atoms with Gasteiger partial charge in [-0.2, -0.15) is 0 Å². The highest BCUT2D eigenvalue weighted by atomic mass is 79.9. The molecule has 0 saturated heterocycles. The zero-order valence-electron chi connectivity index (χ0n) is 16.1. The molecule has 2 amide bonds. The number of ether oxygens (including phenoxy) is 2. The van der Waals surface area contributed by atoms with Crippen LogP contribution in [0.2, 0.25) is 5.02 Å². The van der Waals surface area contributed by atoms with Crippen LogP contribution in [-0.4, -0.2) is 24.5 Å². The molecule has 0 aliphatic rings. The minimum Gasteiger partial charge on any atom is -0.483 e. The van der Waals surface area contributed by atoms with Crippen molar-refractivity contribution < 1.29 is 19.1 Å². The van der Waals surface area contributed by atoms with Gasteiger partial charge in [0.05, 0.1) is 8.95 Å². The summed E-state index contributed by atoms with van der Waals surface area (Å²) in [6, 6.07) is 10.6. The van der Waals surface area contributed by atoms with E-state index in [9.17, 15) is 9.59 Å². The minimum absolute atomic E-state index is 0.252. The summed E-state index contributed by atoms with van der Waals surface area (Å²) < 4.78 is 12.4. The van der Waals surface area contributed by atoms with Gasteiger partial charge in [-0.25, -0.2) is 0 Å². The van der Waals surface area contributed by atoms with Crippen molar-refractivity contribution in [1.82, 2.24) is 10.9 Å². The predicted octanol–water partition coefficient (Wildman–Crippen LogP) is 4.98. The van der Waals surface area contributed by atoms with Gasteiger partial charge >= 0.3 is 0 Å². The second-order valence-electron chi connectivity index (χ2n) is 6.51. The lowest BCUT2D eigenvalue weighted by atomic mass is 10.0. The normalized spacial score (nSPS) is 11.7. The Bertz CT molecular complexity index is 893. The van der Waals surface area contributed by atoms with E-state index in [2.05, 4.69) is 56.6 Å². The highest BCUT2D eigenvalue weighted by molar-refractivity contribution is 9.10. The monoisotopic (exact) mass is 546 g/mol. The molecule has 0 aliphatic carbocycles. The van der Waals surface area contributed by atoms with Crippen molar-refractivity contribution in [3.05, 3.63) is 55.9 Å². The number of hydrogen-bond donors (Lipinski definition) is 2. The Morgan fingerprint density at radius 1 is 1.00 bits per heavy atom. The Kier molecular flexibility index (Phi) is 8.79. The van der Waals surface area contributed by atoms with Gasteiger partial charge in [0.2, 0.25) is 0 Å². The predicted molar refractivity (Wildman–Crippen MR) is 119 cm³/mol. The summed E-state index contributed by atoms with van der Waals surface area (Å²) in [6.45, 7) is 5.49. The van der Waals surface area contributed by atoms with Crippen molar-refractivity contribution >= 4 is 55.3 Å². The van der Waals surface area contributed by atoms with Gasteiger partial charge in [-0.1, -0.05) is 31.5 Å². The van der Waals surface area contributed by atoms with Crippen molar-refractivity contribution in [1.29, 1.82) is 0 Å². The number of hydrazine groups is 1. The first kappa shape index (κ1) is 23.5. The van der Waals surface area contributed by atoms with Crippen LogP contribution in [0.4, 0.5) is 0 Å². The number of halogens is 3. The maximum Gasteiger partial charge on any atom is 0.279 e. The quantitative estimate of drug-likeness (QED) is 0.479. The maximum absolute atomic E-state index is 12.1. The van der Waals surface area contributed by atoms with Crippen molar-refractivity contribution in [3.8, 4) is 11.5 Å². The molecule has 0 heterocycles. The number of nitrogens with one attached hydrogen (secondary N) is 2. The third-order valence-electron chi connectivity index (χ3n) is 3.87. The molecular formula is C20H21Br2ClN2O4. The number of amides is 2. The minimum atomic E-state index is -0.841. The lowest BCUT2D eigenvalue weighted by molar-refractivity contribution is -0.133. The van der Waals surface area contributed by atoms with Crippen LogP contribution in [0.1, 0.15) is 32.3 Å². The molecule has 9 heteroatoms. The van der Waals surface area contributed by atoms with Crippen LogP contribution in [0.25, 0.3) is 0 Å². The van der Waals surface area contributed by atoms with Gasteiger partial charge in [0, 0.05) is 5.02 Å². The molecule has 0 radical (unpaired) electrons. The molecule has 29 heavy (non-hydrogen) atoms. The van der Waals surface area contributed by atoms with Crippen LogP contribution in [0, 0.1) is 0 Å². The molecule has 0 aromatic heterocycles. The molecule has 2 aromatic carbocycles. The van der Waals surface area contributed by atoms with E-state index in [0.29, 0.717) is 26.9 Å². The molecule has 156 valence electrons. The second-order valence-corrected chi connectivity index (χ2v) is 8.65. The molecule has 2 N–H and O–H groups in total. The average molecular weight is 549 g/mol. The van der Waals surface area contributed by atoms with E-state index in [1.165, 1.54) is 0 Å². The number of benzene rings is 2. The molecule has 1 atom stereocenters. The first-order valence-electron chi connectivity index (χ1n) is 8.80. The van der Waals surface area contributed by atoms with Crippen LogP contribution in [0.5, 0.6) is 11.5 Å². The Hall–Kier alpha value is -1.77. The average Bonchev–Trinajstić information content (AvgIpc) is 2.66. The lowest BCUT2D eigenvalue weighted by Gasteiger charge is -2.16. The Labute approximate surface area is 191 Å². The van der Waals surface area contributed by atoms with E-state index in [1.54, 1.807) is 31.2 Å². The fraction of sp³-hybridized carbons (Fsp3) is 0.300. The van der Waals surface area contributed by atoms with Gasteiger partial charge in [-0.15, -0.1) is 0 Å². The van der Waals surface area contributed by atoms with Gasteiger partial charge in [0.25, 0.3) is 11.8 Å². The SMILES string of the molecule is CC(Oc1ccc(Cl)cc1Br)C(=O)NNC(=O)COc1ccc(C(C)C)cc1Br. The van der Waals surface area contributed by atoms with Crippen molar-refractivity contribution in [3.63, 3.8) is 0 Å². The molecular weight excluding hydrogens is 527 g/mol. The Morgan fingerprint density at radius 2 is 1.66 bits per heavy atom. The molecule has 0 bridgehead atoms. The summed E-state index contributed by atoms with van der Waals surface area (Å²) in [6.07, 6.45) is -0.841. The molecule has 2 aromatic rings. The molecule has 1 unspecified atom stereocenters. The van der Waals surface area contributed by atoms with Gasteiger partial charge in [0.1, 0.15) is 11.5 Å². The highest BCUT2D eigenvalue weighted by Crippen LogP contribution is 2.29. The van der Waals surface area contributed by atoms with E-state index in [4.69, 9.17) is 21.1 Å². The first-order chi connectivity index (χ1) is 13.7. The van der Waals surface area contributed by atoms with Gasteiger partial charge in [-0.05, 0) is 80.6 Å². The number of rotatable bonds is 7. The molecule has 6 nitrogen and oxygen atoms in total. The van der Waals surface area contributed by atoms with Gasteiger partial charge in [0.15, 0.2) is 12.7 Å². The molecule has 2 rings (SSSR count). The molecule has 0 aliphatic heterocycles. The van der Waals surface area contributed by atoms with Crippen LogP contribution in [0.15, 0.2) is 45.3 Å². The lowest BCUT2D eigenvalue weighted by Crippen LogP contribution is -2.48. The van der Waals surface area contributed by atoms with Crippen molar-refractivity contribution in [2.24, 2.45) is 0 Å². The fourth-order valence-electron chi connectivity index (χ4n) is 2.22. The second kappa shape index (κ2) is 10.8. The van der Waals surface area contributed by atoms with Crippen LogP contribution < -0.4 is 20.3 Å². The van der Waals surface area contributed by atoms with Crippen LogP contribution in [-0.2, 0) is 9.59 Å². The first-order valence-corrected chi connectivity index (χ1v) is 10.8. The summed E-state index contributed by atoms with van der Waals surface area (Å²) in [5, 5.41) is 0.541. The largest absolute Gasteiger partial charge is 0.483 e. The summed E-state index contributed by atoms with van der Waals surface area (Å²) in [5.74, 6) is 0.374. The number of carbonyl (C=O) groups excluding carboxylic acids is 2. The number of hydrogen-bond acceptors (Lipinski definition) is 4. The van der Waals surface area contributed by atoms with E-state index >= 15 is 0 Å². The van der Waals surface area contributed by atoms with Crippen molar-refractivity contribution in [2.75, 3.05) is 6.61 Å². The Balaban J connectivity index is 1.80. The summed E-state index contributed by atoms with van der Waals surface area (Å²) in [5.41, 5.74) is 5.77. The molecule has 0 spiro atoms. The zero-order valence-corrected chi connectivity index (χ0v) is 20.0. The van der Waals surface area contributed by atoms with E-state index in [1.807, 2.05) is 12.1 Å². The third kappa shape index (κ3) is 7.21. The third-order valence-corrected chi connectivity index (χ3v) is 5.35. The fourth-order valence-corrected chi connectivity index (χ4v) is 3.51. The Morgan fingerprint density at radius 3 is 2.28 bits per heavy atom. The van der Waals surface area contributed by atoms with Crippen molar-refractivity contribution in [2.45, 2.75) is 32.8 Å². The van der Waals surface area contributed by atoms with Crippen LogP contribution >= 0.6 is 43.5 Å². The topological polar surface area (TPSA) is 76.7 Å². The van der Waals surface area contributed by atoms with E-state index in [0.717, 1.165) is 10.0 Å². The van der Waals surface area contributed by atoms with E-state index < -0.39 is 17.9 Å². The smallest absolute Gasteiger partial charge is 0.279 e. The van der Waals surface area contributed by atoms with Crippen LogP contribution in [0.3, 0.4) is 0 Å². The zero-order chi connectivity index (χ0) is 21.6. The van der Waals surface area contributed by atoms with E-state index in [-0.39, 0.29) is 6.61 Å². The standard InChI is InChI=1S/C20H21Br2ClN2O4/c1-11(2)13-4-6-17(15(21)8-13)28-10-19(26)24-25-20(27)12(3)29-18-7-5-14(23)9-16(18)22/h4-9,11-12H,10H2,1-3H3,(H,24,26)(H,25,27). The summed E-state index contributed by atoms with van der Waals surface area (Å²) in [4.78, 5) is 24.1. The maximum atomic E-state index is 12.1. The summed E-state index contributed by atoms with van der Waals surface area (Å²) in [7, 11) is 0. The molecule has 0 fully saturated rings. The highest BCUT2D eigenvalue weighted by Gasteiger charge is 2.17.